The molecule has 0 heterocycles. The molecule has 1 aliphatic rings. The van der Waals surface area contributed by atoms with Crippen molar-refractivity contribution < 1.29 is 5.11 Å². The van der Waals surface area contributed by atoms with Crippen molar-refractivity contribution >= 4 is 0 Å². The molecule has 2 rings (SSSR count). The van der Waals surface area contributed by atoms with Crippen molar-refractivity contribution in [3.63, 3.8) is 0 Å². The molecule has 2 nitrogen and oxygen atoms in total. The van der Waals surface area contributed by atoms with Gasteiger partial charge in [-0.2, -0.15) is 5.26 Å². The average molecular weight is 187 g/mol. The van der Waals surface area contributed by atoms with Crippen molar-refractivity contribution in [2.24, 2.45) is 5.41 Å². The summed E-state index contributed by atoms with van der Waals surface area (Å²) in [4.78, 5) is 0. The lowest BCUT2D eigenvalue weighted by Crippen LogP contribution is -2.12. The van der Waals surface area contributed by atoms with Crippen molar-refractivity contribution in [3.05, 3.63) is 35.4 Å². The maximum atomic E-state index is 10.1. The van der Waals surface area contributed by atoms with E-state index in [-0.39, 0.29) is 0 Å². The third-order valence-electron chi connectivity index (χ3n) is 3.02. The average Bonchev–Trinajstić information content (AvgIpc) is 2.98. The Balaban J connectivity index is 2.33. The minimum atomic E-state index is -0.617. The molecule has 1 atom stereocenters. The van der Waals surface area contributed by atoms with Gasteiger partial charge in [0.25, 0.3) is 0 Å². The second kappa shape index (κ2) is 3.11. The van der Waals surface area contributed by atoms with Crippen LogP contribution >= 0.6 is 0 Å². The van der Waals surface area contributed by atoms with Gasteiger partial charge in [-0.25, -0.2) is 0 Å². The van der Waals surface area contributed by atoms with E-state index in [4.69, 9.17) is 5.26 Å². The summed E-state index contributed by atoms with van der Waals surface area (Å²) in [5, 5.41) is 19.0. The maximum absolute atomic E-state index is 10.1. The standard InChI is InChI=1S/C12H13NO/c1-9-4-2-3-5-10(9)11(14)12(8-13)6-7-12/h2-5,11,14H,6-7H2,1H3. The van der Waals surface area contributed by atoms with Crippen LogP contribution < -0.4 is 0 Å². The lowest BCUT2D eigenvalue weighted by Gasteiger charge is -2.17. The third-order valence-corrected chi connectivity index (χ3v) is 3.02. The summed E-state index contributed by atoms with van der Waals surface area (Å²) >= 11 is 0. The van der Waals surface area contributed by atoms with Crippen LogP contribution in [0.4, 0.5) is 0 Å². The Bertz CT molecular complexity index is 388. The minimum absolute atomic E-state index is 0.494. The SMILES string of the molecule is Cc1ccccc1C(O)C1(C#N)CC1. The lowest BCUT2D eigenvalue weighted by atomic mass is 9.91. The first-order chi connectivity index (χ1) is 6.69. The molecule has 1 aromatic carbocycles. The molecule has 1 aromatic rings. The van der Waals surface area contributed by atoms with E-state index < -0.39 is 11.5 Å². The van der Waals surface area contributed by atoms with Crippen LogP contribution in [0.15, 0.2) is 24.3 Å². The molecule has 14 heavy (non-hydrogen) atoms. The predicted molar refractivity (Wildman–Crippen MR) is 53.4 cm³/mol. The number of rotatable bonds is 2. The highest BCUT2D eigenvalue weighted by molar-refractivity contribution is 5.33. The molecule has 0 spiro atoms. The molecule has 0 aromatic heterocycles. The molecule has 1 N–H and O–H groups in total. The largest absolute Gasteiger partial charge is 0.387 e. The molecule has 0 saturated heterocycles. The molecule has 1 saturated carbocycles. The molecule has 1 unspecified atom stereocenters. The van der Waals surface area contributed by atoms with E-state index in [0.717, 1.165) is 24.0 Å². The number of aryl methyl sites for hydroxylation is 1. The Morgan fingerprint density at radius 1 is 1.43 bits per heavy atom. The minimum Gasteiger partial charge on any atom is -0.387 e. The topological polar surface area (TPSA) is 44.0 Å². The number of nitrogens with zero attached hydrogens (tertiary/aromatic N) is 1. The van der Waals surface area contributed by atoms with Crippen LogP contribution in [-0.4, -0.2) is 5.11 Å². The van der Waals surface area contributed by atoms with E-state index in [9.17, 15) is 5.11 Å². The first-order valence-electron chi connectivity index (χ1n) is 4.84. The van der Waals surface area contributed by atoms with Gasteiger partial charge < -0.3 is 5.11 Å². The second-order valence-electron chi connectivity index (χ2n) is 4.03. The van der Waals surface area contributed by atoms with Gasteiger partial charge >= 0.3 is 0 Å². The van der Waals surface area contributed by atoms with Gasteiger partial charge in [-0.1, -0.05) is 24.3 Å². The van der Waals surface area contributed by atoms with Crippen molar-refractivity contribution in [1.82, 2.24) is 0 Å². The van der Waals surface area contributed by atoms with Crippen molar-refractivity contribution in [3.8, 4) is 6.07 Å². The molecule has 0 aliphatic heterocycles. The van der Waals surface area contributed by atoms with E-state index in [0.29, 0.717) is 0 Å². The quantitative estimate of drug-likeness (QED) is 0.772. The third kappa shape index (κ3) is 1.30. The molecule has 72 valence electrons. The molecule has 1 aliphatic carbocycles. The fourth-order valence-corrected chi connectivity index (χ4v) is 1.77. The molecule has 1 fully saturated rings. The van der Waals surface area contributed by atoms with Crippen LogP contribution in [0.5, 0.6) is 0 Å². The Hall–Kier alpha value is -1.33. The normalized spacial score (nSPS) is 19.8. The van der Waals surface area contributed by atoms with E-state index in [1.54, 1.807) is 0 Å². The summed E-state index contributed by atoms with van der Waals surface area (Å²) in [7, 11) is 0. The van der Waals surface area contributed by atoms with Gasteiger partial charge in [0.05, 0.1) is 17.6 Å². The number of aliphatic hydroxyl groups is 1. The highest BCUT2D eigenvalue weighted by Gasteiger charge is 2.50. The highest BCUT2D eigenvalue weighted by atomic mass is 16.3. The van der Waals surface area contributed by atoms with Gasteiger partial charge in [-0.3, -0.25) is 0 Å². The molecule has 2 heteroatoms. The number of hydrogen-bond acceptors (Lipinski definition) is 2. The Morgan fingerprint density at radius 2 is 2.07 bits per heavy atom. The van der Waals surface area contributed by atoms with E-state index in [1.807, 2.05) is 31.2 Å². The van der Waals surface area contributed by atoms with Crippen LogP contribution in [-0.2, 0) is 0 Å². The van der Waals surface area contributed by atoms with E-state index in [1.165, 1.54) is 0 Å². The summed E-state index contributed by atoms with van der Waals surface area (Å²) in [5.41, 5.74) is 1.46. The Labute approximate surface area is 83.8 Å². The monoisotopic (exact) mass is 187 g/mol. The van der Waals surface area contributed by atoms with Crippen molar-refractivity contribution in [1.29, 1.82) is 5.26 Å². The Kier molecular flexibility index (Phi) is 2.05. The second-order valence-corrected chi connectivity index (χ2v) is 4.03. The number of hydrogen-bond donors (Lipinski definition) is 1. The first-order valence-corrected chi connectivity index (χ1v) is 4.84. The summed E-state index contributed by atoms with van der Waals surface area (Å²) in [6.07, 6.45) is 1.02. The number of benzene rings is 1. The fourth-order valence-electron chi connectivity index (χ4n) is 1.77. The zero-order valence-corrected chi connectivity index (χ0v) is 8.20. The van der Waals surface area contributed by atoms with Gasteiger partial charge in [-0.15, -0.1) is 0 Å². The predicted octanol–water partition coefficient (Wildman–Crippen LogP) is 2.33. The summed E-state index contributed by atoms with van der Waals surface area (Å²) in [6, 6.07) is 9.94. The smallest absolute Gasteiger partial charge is 0.0978 e. The first kappa shape index (κ1) is 9.23. The van der Waals surface area contributed by atoms with Crippen molar-refractivity contribution in [2.75, 3.05) is 0 Å². The Morgan fingerprint density at radius 3 is 2.57 bits per heavy atom. The lowest BCUT2D eigenvalue weighted by molar-refractivity contribution is 0.122. The number of aliphatic hydroxyl groups excluding tert-OH is 1. The number of nitriles is 1. The molecule has 0 amide bonds. The van der Waals surface area contributed by atoms with Crippen LogP contribution in [0.25, 0.3) is 0 Å². The van der Waals surface area contributed by atoms with E-state index in [2.05, 4.69) is 6.07 Å². The van der Waals surface area contributed by atoms with Crippen LogP contribution in [0, 0.1) is 23.7 Å². The van der Waals surface area contributed by atoms with Crippen LogP contribution in [0.1, 0.15) is 30.1 Å². The summed E-state index contributed by atoms with van der Waals surface area (Å²) in [6.45, 7) is 1.96. The summed E-state index contributed by atoms with van der Waals surface area (Å²) < 4.78 is 0. The maximum Gasteiger partial charge on any atom is 0.0978 e. The fraction of sp³-hybridized carbons (Fsp3) is 0.417. The van der Waals surface area contributed by atoms with Gasteiger partial charge in [0.2, 0.25) is 0 Å². The van der Waals surface area contributed by atoms with Gasteiger partial charge in [0.1, 0.15) is 0 Å². The molecule has 0 radical (unpaired) electrons. The highest BCUT2D eigenvalue weighted by Crippen LogP contribution is 2.54. The summed E-state index contributed by atoms with van der Waals surface area (Å²) in [5.74, 6) is 0. The molecular weight excluding hydrogens is 174 g/mol. The molecular formula is C12H13NO. The zero-order chi connectivity index (χ0) is 10.2. The van der Waals surface area contributed by atoms with E-state index >= 15 is 0 Å². The van der Waals surface area contributed by atoms with Gasteiger partial charge in [-0.05, 0) is 30.9 Å². The van der Waals surface area contributed by atoms with Gasteiger partial charge in [0.15, 0.2) is 0 Å². The molecule has 0 bridgehead atoms. The van der Waals surface area contributed by atoms with Crippen LogP contribution in [0.2, 0.25) is 0 Å². The van der Waals surface area contributed by atoms with Gasteiger partial charge in [0, 0.05) is 0 Å². The van der Waals surface area contributed by atoms with Crippen LogP contribution in [0.3, 0.4) is 0 Å². The zero-order valence-electron chi connectivity index (χ0n) is 8.20. The van der Waals surface area contributed by atoms with Crippen molar-refractivity contribution in [2.45, 2.75) is 25.9 Å².